The van der Waals surface area contributed by atoms with E-state index in [0.29, 0.717) is 0 Å². The standard InChI is InChI=1S/C10H17BrClNO/c1-10(2)8-13(5-3-4-12)7-9(6-11)14-10/h3-4,9H,5-8H2,1-2H3/b4-3+. The quantitative estimate of drug-likeness (QED) is 0.738. The van der Waals surface area contributed by atoms with Gasteiger partial charge in [0.15, 0.2) is 0 Å². The first-order valence-corrected chi connectivity index (χ1v) is 6.34. The molecule has 1 aliphatic heterocycles. The molecule has 0 bridgehead atoms. The van der Waals surface area contributed by atoms with Gasteiger partial charge in [-0.1, -0.05) is 33.6 Å². The van der Waals surface area contributed by atoms with E-state index in [1.54, 1.807) is 5.54 Å². The van der Waals surface area contributed by atoms with Gasteiger partial charge in [-0.25, -0.2) is 0 Å². The van der Waals surface area contributed by atoms with Gasteiger partial charge in [0.1, 0.15) is 0 Å². The Labute approximate surface area is 99.4 Å². The normalized spacial score (nSPS) is 28.4. The predicted molar refractivity (Wildman–Crippen MR) is 64.2 cm³/mol. The Bertz CT molecular complexity index is 208. The van der Waals surface area contributed by atoms with Gasteiger partial charge in [0.05, 0.1) is 11.7 Å². The molecule has 0 aromatic carbocycles. The molecule has 0 spiro atoms. The molecule has 14 heavy (non-hydrogen) atoms. The van der Waals surface area contributed by atoms with Gasteiger partial charge >= 0.3 is 0 Å². The third-order valence-corrected chi connectivity index (χ3v) is 3.08. The van der Waals surface area contributed by atoms with E-state index in [-0.39, 0.29) is 11.7 Å². The SMILES string of the molecule is CC1(C)CN(C/C=C/Cl)CC(CBr)O1. The van der Waals surface area contributed by atoms with Gasteiger partial charge in [-0.15, -0.1) is 0 Å². The molecule has 1 saturated heterocycles. The van der Waals surface area contributed by atoms with Crippen LogP contribution in [0.15, 0.2) is 11.6 Å². The van der Waals surface area contributed by atoms with Gasteiger partial charge in [-0.05, 0) is 13.8 Å². The summed E-state index contributed by atoms with van der Waals surface area (Å²) in [4.78, 5) is 2.36. The van der Waals surface area contributed by atoms with Crippen LogP contribution in [0, 0.1) is 0 Å². The Morgan fingerprint density at radius 3 is 2.93 bits per heavy atom. The summed E-state index contributed by atoms with van der Waals surface area (Å²) in [7, 11) is 0. The van der Waals surface area contributed by atoms with Gasteiger partial charge in [0, 0.05) is 30.5 Å². The summed E-state index contributed by atoms with van der Waals surface area (Å²) in [5.74, 6) is 0. The Morgan fingerprint density at radius 1 is 1.64 bits per heavy atom. The maximum atomic E-state index is 5.89. The highest BCUT2D eigenvalue weighted by Gasteiger charge is 2.32. The summed E-state index contributed by atoms with van der Waals surface area (Å²) in [6.45, 7) is 7.08. The first-order valence-electron chi connectivity index (χ1n) is 4.79. The van der Waals surface area contributed by atoms with Crippen molar-refractivity contribution in [1.29, 1.82) is 0 Å². The van der Waals surface area contributed by atoms with Gasteiger partial charge in [0.2, 0.25) is 0 Å². The smallest absolute Gasteiger partial charge is 0.0806 e. The van der Waals surface area contributed by atoms with Crippen molar-refractivity contribution < 1.29 is 4.74 Å². The summed E-state index contributed by atoms with van der Waals surface area (Å²) < 4.78 is 5.89. The van der Waals surface area contributed by atoms with Gasteiger partial charge < -0.3 is 4.74 Å². The van der Waals surface area contributed by atoms with Crippen molar-refractivity contribution in [3.8, 4) is 0 Å². The van der Waals surface area contributed by atoms with Crippen LogP contribution in [-0.4, -0.2) is 41.6 Å². The number of nitrogens with zero attached hydrogens (tertiary/aromatic N) is 1. The zero-order valence-electron chi connectivity index (χ0n) is 8.67. The molecule has 0 amide bonds. The first kappa shape index (κ1) is 12.5. The highest BCUT2D eigenvalue weighted by Crippen LogP contribution is 2.21. The Hall–Kier alpha value is 0.430. The van der Waals surface area contributed by atoms with Crippen molar-refractivity contribution >= 4 is 27.5 Å². The van der Waals surface area contributed by atoms with Crippen molar-refractivity contribution in [3.63, 3.8) is 0 Å². The van der Waals surface area contributed by atoms with E-state index in [9.17, 15) is 0 Å². The fourth-order valence-corrected chi connectivity index (χ4v) is 2.24. The van der Waals surface area contributed by atoms with Crippen molar-refractivity contribution in [2.45, 2.75) is 25.6 Å². The average molecular weight is 283 g/mol. The topological polar surface area (TPSA) is 12.5 Å². The second-order valence-corrected chi connectivity index (χ2v) is 5.11. The number of rotatable bonds is 3. The molecular formula is C10H17BrClNO. The molecule has 1 fully saturated rings. The minimum atomic E-state index is -0.0587. The molecular weight excluding hydrogens is 265 g/mol. The highest BCUT2D eigenvalue weighted by atomic mass is 79.9. The molecule has 1 aliphatic rings. The molecule has 1 heterocycles. The second-order valence-electron chi connectivity index (χ2n) is 4.21. The van der Waals surface area contributed by atoms with Crippen molar-refractivity contribution in [3.05, 3.63) is 11.6 Å². The van der Waals surface area contributed by atoms with Crippen molar-refractivity contribution in [1.82, 2.24) is 4.90 Å². The zero-order valence-corrected chi connectivity index (χ0v) is 11.0. The maximum Gasteiger partial charge on any atom is 0.0806 e. The van der Waals surface area contributed by atoms with Crippen LogP contribution in [0.3, 0.4) is 0 Å². The zero-order chi connectivity index (χ0) is 10.6. The minimum Gasteiger partial charge on any atom is -0.369 e. The monoisotopic (exact) mass is 281 g/mol. The van der Waals surface area contributed by atoms with Gasteiger partial charge in [-0.3, -0.25) is 4.90 Å². The van der Waals surface area contributed by atoms with E-state index in [1.807, 2.05) is 6.08 Å². The lowest BCUT2D eigenvalue weighted by molar-refractivity contribution is -0.123. The van der Waals surface area contributed by atoms with E-state index in [4.69, 9.17) is 16.3 Å². The fraction of sp³-hybridized carbons (Fsp3) is 0.800. The van der Waals surface area contributed by atoms with Crippen LogP contribution in [0.2, 0.25) is 0 Å². The molecule has 0 N–H and O–H groups in total. The first-order chi connectivity index (χ1) is 6.57. The van der Waals surface area contributed by atoms with Gasteiger partial charge in [-0.2, -0.15) is 0 Å². The second kappa shape index (κ2) is 5.50. The molecule has 0 aromatic heterocycles. The Kier molecular flexibility index (Phi) is 4.91. The molecule has 0 saturated carbocycles. The third kappa shape index (κ3) is 3.89. The lowest BCUT2D eigenvalue weighted by Gasteiger charge is -2.42. The van der Waals surface area contributed by atoms with Crippen LogP contribution < -0.4 is 0 Å². The lowest BCUT2D eigenvalue weighted by atomic mass is 10.1. The summed E-state index contributed by atoms with van der Waals surface area (Å²) in [6, 6.07) is 0. The summed E-state index contributed by atoms with van der Waals surface area (Å²) in [5.41, 5.74) is 1.52. The number of hydrogen-bond acceptors (Lipinski definition) is 2. The van der Waals surface area contributed by atoms with Crippen LogP contribution in [0.4, 0.5) is 0 Å². The van der Waals surface area contributed by atoms with E-state index >= 15 is 0 Å². The summed E-state index contributed by atoms with van der Waals surface area (Å²) in [6.07, 6.45) is 2.25. The van der Waals surface area contributed by atoms with E-state index in [1.165, 1.54) is 0 Å². The molecule has 0 radical (unpaired) electrons. The molecule has 4 heteroatoms. The molecule has 1 unspecified atom stereocenters. The summed E-state index contributed by atoms with van der Waals surface area (Å²) >= 11 is 8.98. The van der Waals surface area contributed by atoms with Crippen LogP contribution in [0.25, 0.3) is 0 Å². The summed E-state index contributed by atoms with van der Waals surface area (Å²) in [5, 5.41) is 0.886. The molecule has 2 nitrogen and oxygen atoms in total. The van der Waals surface area contributed by atoms with Crippen LogP contribution in [0.5, 0.6) is 0 Å². The predicted octanol–water partition coefficient (Wildman–Crippen LogP) is 2.61. The van der Waals surface area contributed by atoms with Crippen LogP contribution >= 0.6 is 27.5 Å². The fourth-order valence-electron chi connectivity index (χ4n) is 1.83. The molecule has 82 valence electrons. The number of hydrogen-bond donors (Lipinski definition) is 0. The largest absolute Gasteiger partial charge is 0.369 e. The van der Waals surface area contributed by atoms with E-state index < -0.39 is 0 Å². The van der Waals surface area contributed by atoms with Crippen molar-refractivity contribution in [2.24, 2.45) is 0 Å². The molecule has 1 atom stereocenters. The molecule has 1 rings (SSSR count). The molecule has 0 aliphatic carbocycles. The van der Waals surface area contributed by atoms with E-state index in [0.717, 1.165) is 25.0 Å². The number of morpholine rings is 1. The number of ether oxygens (including phenoxy) is 1. The Morgan fingerprint density at radius 2 is 2.36 bits per heavy atom. The Balaban J connectivity index is 2.52. The highest BCUT2D eigenvalue weighted by molar-refractivity contribution is 9.09. The van der Waals surface area contributed by atoms with Crippen molar-refractivity contribution in [2.75, 3.05) is 25.0 Å². The average Bonchev–Trinajstić information content (AvgIpc) is 2.12. The number of halogens is 2. The minimum absolute atomic E-state index is 0.0587. The lowest BCUT2D eigenvalue weighted by Crippen LogP contribution is -2.53. The van der Waals surface area contributed by atoms with Gasteiger partial charge in [0.25, 0.3) is 0 Å². The third-order valence-electron chi connectivity index (χ3n) is 2.18. The number of alkyl halides is 1. The van der Waals surface area contributed by atoms with Crippen LogP contribution in [-0.2, 0) is 4.74 Å². The van der Waals surface area contributed by atoms with Crippen LogP contribution in [0.1, 0.15) is 13.8 Å². The maximum absolute atomic E-state index is 5.89. The van der Waals surface area contributed by atoms with E-state index in [2.05, 4.69) is 34.7 Å². The molecule has 0 aromatic rings.